The van der Waals surface area contributed by atoms with Crippen LogP contribution in [0.5, 0.6) is 0 Å². The number of anilines is 1. The first kappa shape index (κ1) is 30.0. The number of aromatic nitrogens is 1. The van der Waals surface area contributed by atoms with Gasteiger partial charge in [0.25, 0.3) is 15.9 Å². The van der Waals surface area contributed by atoms with Crippen molar-refractivity contribution < 1.29 is 27.0 Å². The Morgan fingerprint density at radius 3 is 2.23 bits per heavy atom. The number of hydrogen-bond acceptors (Lipinski definition) is 6. The molecule has 3 aromatic rings. The highest BCUT2D eigenvalue weighted by molar-refractivity contribution is 7.92. The van der Waals surface area contributed by atoms with Crippen LogP contribution in [0.2, 0.25) is 0 Å². The van der Waals surface area contributed by atoms with E-state index in [0.29, 0.717) is 41.8 Å². The summed E-state index contributed by atoms with van der Waals surface area (Å²) in [5.74, 6) is 0.470. The van der Waals surface area contributed by atoms with Crippen LogP contribution in [-0.4, -0.2) is 50.0 Å². The third-order valence-corrected chi connectivity index (χ3v) is 8.53. The number of benzene rings is 2. The van der Waals surface area contributed by atoms with E-state index in [1.165, 1.54) is 0 Å². The van der Waals surface area contributed by atoms with Gasteiger partial charge in [-0.05, 0) is 31.9 Å². The summed E-state index contributed by atoms with van der Waals surface area (Å²) in [6, 6.07) is 13.6. The molecule has 0 fully saturated rings. The lowest BCUT2D eigenvalue weighted by molar-refractivity contribution is -0.868. The Balaban J connectivity index is 1.97. The minimum Gasteiger partial charge on any atom is -0.359 e. The van der Waals surface area contributed by atoms with Crippen molar-refractivity contribution >= 4 is 27.7 Å². The zero-order valence-corrected chi connectivity index (χ0v) is 24.6. The smallest absolute Gasteiger partial charge is 0.314 e. The van der Waals surface area contributed by atoms with Gasteiger partial charge in [0, 0.05) is 29.7 Å². The molecule has 2 amide bonds. The predicted octanol–water partition coefficient (Wildman–Crippen LogP) is 4.80. The van der Waals surface area contributed by atoms with E-state index in [0.717, 1.165) is 5.56 Å². The first-order valence-electron chi connectivity index (χ1n) is 13.1. The van der Waals surface area contributed by atoms with Crippen molar-refractivity contribution in [2.24, 2.45) is 5.92 Å². The van der Waals surface area contributed by atoms with Crippen molar-refractivity contribution in [2.75, 3.05) is 18.8 Å². The van der Waals surface area contributed by atoms with E-state index < -0.39 is 16.1 Å². The molecule has 0 aliphatic heterocycles. The summed E-state index contributed by atoms with van der Waals surface area (Å²) in [6.45, 7) is 9.64. The highest BCUT2D eigenvalue weighted by atomic mass is 32.2. The maximum atomic E-state index is 13.4. The third kappa shape index (κ3) is 6.39. The molecular weight excluding hydrogens is 516 g/mol. The van der Waals surface area contributed by atoms with Crippen LogP contribution >= 0.6 is 0 Å². The van der Waals surface area contributed by atoms with Gasteiger partial charge in [-0.2, -0.15) is 0 Å². The second kappa shape index (κ2) is 12.1. The molecule has 0 aliphatic rings. The normalized spacial score (nSPS) is 14.1. The molecule has 3 rings (SSSR count). The van der Waals surface area contributed by atoms with Crippen molar-refractivity contribution in [2.45, 2.75) is 64.9 Å². The van der Waals surface area contributed by atoms with E-state index in [9.17, 15) is 18.0 Å². The number of nitrogens with one attached hydrogen (secondary N) is 2. The van der Waals surface area contributed by atoms with Gasteiger partial charge in [0.05, 0.1) is 18.4 Å². The van der Waals surface area contributed by atoms with Crippen LogP contribution in [0.25, 0.3) is 11.1 Å². The Morgan fingerprint density at radius 2 is 1.69 bits per heavy atom. The first-order chi connectivity index (χ1) is 18.4. The number of hydrogen-bond donors (Lipinski definition) is 2. The number of carbonyl (C=O) groups excluding carboxylic acids is 2. The van der Waals surface area contributed by atoms with E-state index in [4.69, 9.17) is 4.52 Å². The fraction of sp³-hybridized carbons (Fsp3) is 0.414. The Hall–Kier alpha value is -3.50. The van der Waals surface area contributed by atoms with Gasteiger partial charge in [0.1, 0.15) is 12.3 Å². The Labute approximate surface area is 231 Å². The fourth-order valence-corrected chi connectivity index (χ4v) is 6.27. The van der Waals surface area contributed by atoms with Gasteiger partial charge < -0.3 is 9.84 Å². The molecule has 0 saturated heterocycles. The maximum absolute atomic E-state index is 13.4. The second-order valence-electron chi connectivity index (χ2n) is 10.4. The Kier molecular flexibility index (Phi) is 9.34. The number of nitrogens with zero attached hydrogens (tertiary/aromatic N) is 2. The molecule has 1 aromatic heterocycles. The van der Waals surface area contributed by atoms with Crippen molar-refractivity contribution in [1.82, 2.24) is 10.5 Å². The summed E-state index contributed by atoms with van der Waals surface area (Å²) in [7, 11) is -0.539. The summed E-state index contributed by atoms with van der Waals surface area (Å²) in [4.78, 5) is 26.3. The number of sulfonamides is 1. The summed E-state index contributed by atoms with van der Waals surface area (Å²) >= 11 is 0. The standard InChI is InChI=1S/C29H38N4O5S/c1-8-11-26(34)33(7,27(19(2)3)29(35)30-6)18-22-14-16-23(17-15-22)24-12-9-10-13-25(24)39(36,37)32-28-20(4)21(5)38-31-28/h9-10,12-17,19,27H,8,11,18H2,1-7H3,(H-,30,31,32,35)/p+1/t27-,33?/m0/s1. The second-order valence-corrected chi connectivity index (χ2v) is 12.0. The molecule has 2 atom stereocenters. The number of aryl methyl sites for hydroxylation is 1. The average molecular weight is 556 g/mol. The molecular formula is C29H39N4O5S+. The molecule has 10 heteroatoms. The lowest BCUT2D eigenvalue weighted by Crippen LogP contribution is -2.62. The van der Waals surface area contributed by atoms with Crippen molar-refractivity contribution in [3.63, 3.8) is 0 Å². The predicted molar refractivity (Wildman–Crippen MR) is 151 cm³/mol. The first-order valence-corrected chi connectivity index (χ1v) is 14.6. The summed E-state index contributed by atoms with van der Waals surface area (Å²) in [6.07, 6.45) is 1.06. The van der Waals surface area contributed by atoms with Crippen LogP contribution in [0.15, 0.2) is 57.9 Å². The van der Waals surface area contributed by atoms with Gasteiger partial charge in [-0.15, -0.1) is 0 Å². The van der Waals surface area contributed by atoms with Crippen LogP contribution < -0.4 is 10.0 Å². The van der Waals surface area contributed by atoms with E-state index in [1.54, 1.807) is 45.2 Å². The fourth-order valence-electron chi connectivity index (χ4n) is 4.98. The molecule has 0 aliphatic carbocycles. The average Bonchev–Trinajstić information content (AvgIpc) is 3.20. The zero-order valence-electron chi connectivity index (χ0n) is 23.7. The maximum Gasteiger partial charge on any atom is 0.314 e. The Bertz CT molecular complexity index is 1430. The molecule has 9 nitrogen and oxygen atoms in total. The summed E-state index contributed by atoms with van der Waals surface area (Å²) < 4.78 is 34.2. The molecule has 210 valence electrons. The van der Waals surface area contributed by atoms with Gasteiger partial charge >= 0.3 is 5.91 Å². The Morgan fingerprint density at radius 1 is 1.05 bits per heavy atom. The zero-order chi connectivity index (χ0) is 29.0. The van der Waals surface area contributed by atoms with Crippen molar-refractivity contribution in [1.29, 1.82) is 0 Å². The molecule has 39 heavy (non-hydrogen) atoms. The molecule has 0 bridgehead atoms. The third-order valence-electron chi connectivity index (χ3n) is 7.13. The topological polar surface area (TPSA) is 118 Å². The number of likely N-dealkylation sites (N-methyl/N-ethyl adjacent to an activating group) is 2. The number of carbonyl (C=O) groups is 2. The van der Waals surface area contributed by atoms with Crippen LogP contribution in [-0.2, 0) is 26.2 Å². The van der Waals surface area contributed by atoms with Crippen molar-refractivity contribution in [3.05, 3.63) is 65.4 Å². The van der Waals surface area contributed by atoms with Gasteiger partial charge in [-0.3, -0.25) is 9.52 Å². The molecule has 0 radical (unpaired) electrons. The summed E-state index contributed by atoms with van der Waals surface area (Å²) in [5, 5.41) is 6.55. The highest BCUT2D eigenvalue weighted by Gasteiger charge is 2.45. The molecule has 2 aromatic carbocycles. The van der Waals surface area contributed by atoms with E-state index in [-0.39, 0.29) is 32.9 Å². The minimum atomic E-state index is -3.96. The molecule has 1 unspecified atom stereocenters. The van der Waals surface area contributed by atoms with E-state index in [2.05, 4.69) is 15.2 Å². The summed E-state index contributed by atoms with van der Waals surface area (Å²) in [5.41, 5.74) is 2.72. The number of amides is 2. The quantitative estimate of drug-likeness (QED) is 0.328. The SMILES string of the molecule is CCCC(=O)[N+](C)(Cc1ccc(-c2ccccc2S(=O)(=O)Nc2noc(C)c2C)cc1)[C@H](C(=O)NC)C(C)C. The van der Waals surface area contributed by atoms with Gasteiger partial charge in [-0.1, -0.05) is 68.4 Å². The lowest BCUT2D eigenvalue weighted by atomic mass is 9.96. The highest BCUT2D eigenvalue weighted by Crippen LogP contribution is 2.31. The molecule has 2 N–H and O–H groups in total. The number of rotatable bonds is 11. The minimum absolute atomic E-state index is 0.00442. The van der Waals surface area contributed by atoms with Crippen LogP contribution in [0.1, 0.15) is 50.5 Å². The molecule has 1 heterocycles. The van der Waals surface area contributed by atoms with Gasteiger partial charge in [0.15, 0.2) is 11.9 Å². The molecule has 0 spiro atoms. The van der Waals surface area contributed by atoms with Crippen LogP contribution in [0, 0.1) is 19.8 Å². The molecule has 0 saturated carbocycles. The monoisotopic (exact) mass is 555 g/mol. The van der Waals surface area contributed by atoms with E-state index in [1.807, 2.05) is 52.1 Å². The largest absolute Gasteiger partial charge is 0.359 e. The number of quaternary nitrogens is 1. The van der Waals surface area contributed by atoms with E-state index >= 15 is 0 Å². The van der Waals surface area contributed by atoms with Crippen molar-refractivity contribution in [3.8, 4) is 11.1 Å². The van der Waals surface area contributed by atoms with Gasteiger partial charge in [-0.25, -0.2) is 17.7 Å². The van der Waals surface area contributed by atoms with Gasteiger partial charge in [0.2, 0.25) is 0 Å². The van der Waals surface area contributed by atoms with Crippen LogP contribution in [0.4, 0.5) is 5.82 Å². The van der Waals surface area contributed by atoms with Crippen LogP contribution in [0.3, 0.4) is 0 Å². The lowest BCUT2D eigenvalue weighted by Gasteiger charge is -2.40.